The minimum atomic E-state index is -0.505. The Kier molecular flexibility index (Phi) is 5.82. The van der Waals surface area contributed by atoms with Crippen molar-refractivity contribution in [2.24, 2.45) is 0 Å². The van der Waals surface area contributed by atoms with E-state index in [0.29, 0.717) is 6.42 Å². The van der Waals surface area contributed by atoms with Crippen LogP contribution in [-0.2, 0) is 4.79 Å². The molecule has 0 saturated carbocycles. The fraction of sp³-hybridized carbons (Fsp3) is 0.409. The molecule has 26 heavy (non-hydrogen) atoms. The van der Waals surface area contributed by atoms with Gasteiger partial charge in [-0.15, -0.1) is 0 Å². The summed E-state index contributed by atoms with van der Waals surface area (Å²) in [7, 11) is 0. The van der Waals surface area contributed by atoms with Crippen LogP contribution in [0.2, 0.25) is 0 Å². The van der Waals surface area contributed by atoms with Gasteiger partial charge in [-0.05, 0) is 80.6 Å². The number of benzene rings is 2. The number of carbonyl (C=O) groups excluding carboxylic acids is 1. The highest BCUT2D eigenvalue weighted by atomic mass is 16.5. The zero-order valence-corrected chi connectivity index (χ0v) is 15.9. The molecule has 1 N–H and O–H groups in total. The second-order valence-corrected chi connectivity index (χ2v) is 7.07. The smallest absolute Gasteiger partial charge is 0.265 e. The van der Waals surface area contributed by atoms with Gasteiger partial charge >= 0.3 is 0 Å². The molecule has 138 valence electrons. The third-order valence-electron chi connectivity index (χ3n) is 4.74. The first-order valence-corrected chi connectivity index (χ1v) is 9.46. The predicted octanol–water partition coefficient (Wildman–Crippen LogP) is 4.70. The Labute approximate surface area is 156 Å². The molecule has 0 spiro atoms. The monoisotopic (exact) mass is 352 g/mol. The molecule has 1 saturated heterocycles. The predicted molar refractivity (Wildman–Crippen MR) is 107 cm³/mol. The molecule has 4 heteroatoms. The quantitative estimate of drug-likeness (QED) is 0.819. The SMILES string of the molecule is CC[C@@H](Oc1cc(C)cc(C)c1)C(=O)Nc1ccc(N2CCCC2)cc1. The van der Waals surface area contributed by atoms with E-state index in [1.807, 2.05) is 45.0 Å². The average Bonchev–Trinajstić information content (AvgIpc) is 3.14. The van der Waals surface area contributed by atoms with E-state index in [1.54, 1.807) is 0 Å². The van der Waals surface area contributed by atoms with Crippen molar-refractivity contribution in [3.05, 3.63) is 53.6 Å². The maximum atomic E-state index is 12.6. The summed E-state index contributed by atoms with van der Waals surface area (Å²) in [5.41, 5.74) is 4.29. The van der Waals surface area contributed by atoms with Crippen LogP contribution in [0.5, 0.6) is 5.75 Å². The topological polar surface area (TPSA) is 41.6 Å². The van der Waals surface area contributed by atoms with E-state index in [9.17, 15) is 4.79 Å². The molecule has 1 aliphatic heterocycles. The Morgan fingerprint density at radius 1 is 1.08 bits per heavy atom. The molecule has 0 aromatic heterocycles. The number of ether oxygens (including phenoxy) is 1. The van der Waals surface area contributed by atoms with Gasteiger partial charge in [0.05, 0.1) is 0 Å². The van der Waals surface area contributed by atoms with E-state index in [1.165, 1.54) is 18.5 Å². The summed E-state index contributed by atoms with van der Waals surface area (Å²) in [6, 6.07) is 14.1. The highest BCUT2D eigenvalue weighted by Gasteiger charge is 2.19. The maximum Gasteiger partial charge on any atom is 0.265 e. The standard InChI is InChI=1S/C22H28N2O2/c1-4-21(26-20-14-16(2)13-17(3)15-20)22(25)23-18-7-9-19(10-8-18)24-11-5-6-12-24/h7-10,13-15,21H,4-6,11-12H2,1-3H3,(H,23,25)/t21-/m1/s1. The molecule has 2 aromatic rings. The molecule has 0 aliphatic carbocycles. The highest BCUT2D eigenvalue weighted by Crippen LogP contribution is 2.23. The summed E-state index contributed by atoms with van der Waals surface area (Å²) in [6.45, 7) is 8.26. The van der Waals surface area contributed by atoms with Crippen molar-refractivity contribution in [3.63, 3.8) is 0 Å². The Hall–Kier alpha value is -2.49. The Morgan fingerprint density at radius 3 is 2.27 bits per heavy atom. The molecule has 1 amide bonds. The van der Waals surface area contributed by atoms with E-state index in [4.69, 9.17) is 4.74 Å². The molecular weight excluding hydrogens is 324 g/mol. The first-order valence-electron chi connectivity index (χ1n) is 9.46. The van der Waals surface area contributed by atoms with Gasteiger partial charge in [-0.25, -0.2) is 0 Å². The second kappa shape index (κ2) is 8.26. The first kappa shape index (κ1) is 18.3. The van der Waals surface area contributed by atoms with Crippen LogP contribution >= 0.6 is 0 Å². The molecular formula is C22H28N2O2. The van der Waals surface area contributed by atoms with Crippen LogP contribution in [0.4, 0.5) is 11.4 Å². The summed E-state index contributed by atoms with van der Waals surface area (Å²) >= 11 is 0. The number of aryl methyl sites for hydroxylation is 2. The van der Waals surface area contributed by atoms with Crippen molar-refractivity contribution < 1.29 is 9.53 Å². The van der Waals surface area contributed by atoms with Crippen molar-refractivity contribution in [1.29, 1.82) is 0 Å². The lowest BCUT2D eigenvalue weighted by molar-refractivity contribution is -0.122. The molecule has 1 aliphatic rings. The van der Waals surface area contributed by atoms with Gasteiger partial charge in [0.2, 0.25) is 0 Å². The van der Waals surface area contributed by atoms with Gasteiger partial charge in [0.25, 0.3) is 5.91 Å². The number of rotatable bonds is 6. The zero-order valence-electron chi connectivity index (χ0n) is 15.9. The minimum absolute atomic E-state index is 0.111. The van der Waals surface area contributed by atoms with Gasteiger partial charge in [0.15, 0.2) is 6.10 Å². The number of carbonyl (C=O) groups is 1. The Balaban J connectivity index is 1.63. The molecule has 1 heterocycles. The van der Waals surface area contributed by atoms with E-state index in [2.05, 4.69) is 28.4 Å². The molecule has 0 unspecified atom stereocenters. The lowest BCUT2D eigenvalue weighted by Crippen LogP contribution is -2.32. The van der Waals surface area contributed by atoms with Crippen LogP contribution in [-0.4, -0.2) is 25.1 Å². The minimum Gasteiger partial charge on any atom is -0.481 e. The summed E-state index contributed by atoms with van der Waals surface area (Å²) in [6.07, 6.45) is 2.62. The maximum absolute atomic E-state index is 12.6. The van der Waals surface area contributed by atoms with E-state index >= 15 is 0 Å². The van der Waals surface area contributed by atoms with E-state index in [-0.39, 0.29) is 5.91 Å². The number of amides is 1. The van der Waals surface area contributed by atoms with Gasteiger partial charge in [0.1, 0.15) is 5.75 Å². The molecule has 1 fully saturated rings. The number of hydrogen-bond acceptors (Lipinski definition) is 3. The largest absolute Gasteiger partial charge is 0.481 e. The highest BCUT2D eigenvalue weighted by molar-refractivity contribution is 5.94. The number of hydrogen-bond donors (Lipinski definition) is 1. The van der Waals surface area contributed by atoms with Gasteiger partial charge in [-0.3, -0.25) is 4.79 Å². The van der Waals surface area contributed by atoms with Crippen molar-refractivity contribution in [3.8, 4) is 5.75 Å². The normalized spacial score (nSPS) is 15.0. The fourth-order valence-corrected chi connectivity index (χ4v) is 3.44. The number of nitrogens with zero attached hydrogens (tertiary/aromatic N) is 1. The third-order valence-corrected chi connectivity index (χ3v) is 4.74. The molecule has 4 nitrogen and oxygen atoms in total. The lowest BCUT2D eigenvalue weighted by atomic mass is 10.1. The van der Waals surface area contributed by atoms with Crippen molar-refractivity contribution in [2.75, 3.05) is 23.3 Å². The first-order chi connectivity index (χ1) is 12.5. The van der Waals surface area contributed by atoms with Crippen LogP contribution in [0, 0.1) is 13.8 Å². The van der Waals surface area contributed by atoms with Gasteiger partial charge in [-0.1, -0.05) is 13.0 Å². The molecule has 0 radical (unpaired) electrons. The van der Waals surface area contributed by atoms with Crippen LogP contribution in [0.1, 0.15) is 37.3 Å². The van der Waals surface area contributed by atoms with Crippen molar-refractivity contribution in [1.82, 2.24) is 0 Å². The van der Waals surface area contributed by atoms with Gasteiger partial charge in [0, 0.05) is 24.5 Å². The van der Waals surface area contributed by atoms with Crippen molar-refractivity contribution in [2.45, 2.75) is 46.1 Å². The fourth-order valence-electron chi connectivity index (χ4n) is 3.44. The van der Waals surface area contributed by atoms with Crippen molar-refractivity contribution >= 4 is 17.3 Å². The summed E-state index contributed by atoms with van der Waals surface area (Å²) in [5.74, 6) is 0.634. The number of nitrogens with one attached hydrogen (secondary N) is 1. The Bertz CT molecular complexity index is 729. The number of anilines is 2. The van der Waals surface area contributed by atoms with Gasteiger partial charge in [-0.2, -0.15) is 0 Å². The molecule has 3 rings (SSSR count). The van der Waals surface area contributed by atoms with Gasteiger partial charge < -0.3 is 15.0 Å². The third kappa shape index (κ3) is 4.57. The van der Waals surface area contributed by atoms with E-state index in [0.717, 1.165) is 35.7 Å². The summed E-state index contributed by atoms with van der Waals surface area (Å²) < 4.78 is 5.94. The molecule has 2 aromatic carbocycles. The van der Waals surface area contributed by atoms with Crippen LogP contribution in [0.25, 0.3) is 0 Å². The second-order valence-electron chi connectivity index (χ2n) is 7.07. The van der Waals surface area contributed by atoms with Crippen LogP contribution < -0.4 is 15.0 Å². The lowest BCUT2D eigenvalue weighted by Gasteiger charge is -2.19. The summed E-state index contributed by atoms with van der Waals surface area (Å²) in [4.78, 5) is 15.0. The molecule has 1 atom stereocenters. The Morgan fingerprint density at radius 2 is 1.69 bits per heavy atom. The van der Waals surface area contributed by atoms with E-state index < -0.39 is 6.10 Å². The average molecular weight is 352 g/mol. The molecule has 0 bridgehead atoms. The van der Waals surface area contributed by atoms with Crippen LogP contribution in [0.3, 0.4) is 0 Å². The zero-order chi connectivity index (χ0) is 18.5. The summed E-state index contributed by atoms with van der Waals surface area (Å²) in [5, 5.41) is 2.98. The van der Waals surface area contributed by atoms with Crippen LogP contribution in [0.15, 0.2) is 42.5 Å².